The summed E-state index contributed by atoms with van der Waals surface area (Å²) in [6.45, 7) is 1.68. The van der Waals surface area contributed by atoms with E-state index < -0.39 is 0 Å². The number of fused-ring (bicyclic) bond motifs is 1. The van der Waals surface area contributed by atoms with Crippen molar-refractivity contribution in [3.63, 3.8) is 0 Å². The summed E-state index contributed by atoms with van der Waals surface area (Å²) in [7, 11) is 0. The number of ether oxygens (including phenoxy) is 1. The zero-order chi connectivity index (χ0) is 20.9. The van der Waals surface area contributed by atoms with E-state index in [-0.39, 0.29) is 18.3 Å². The van der Waals surface area contributed by atoms with Crippen LogP contribution >= 0.6 is 11.3 Å². The number of ketones is 1. The van der Waals surface area contributed by atoms with Gasteiger partial charge in [0.2, 0.25) is 0 Å². The Morgan fingerprint density at radius 3 is 2.33 bits per heavy atom. The van der Waals surface area contributed by atoms with Crippen molar-refractivity contribution in [2.45, 2.75) is 13.3 Å². The van der Waals surface area contributed by atoms with Crippen LogP contribution in [0.4, 0.5) is 10.8 Å². The summed E-state index contributed by atoms with van der Waals surface area (Å²) < 4.78 is 6.72. The number of Topliss-reactive ketones (excluding diaryl/α,β-unsaturated/α-hetero) is 1. The standard InChI is InChI=1S/C24H20N2O3S/c1-2-21(27)17-12-14-19(15-13-17)29-16-23(28)26(18-8-4-3-5-9-18)24-25-20-10-6-7-11-22(20)30-24/h3-15H,2,16H2,1H3. The number of carbonyl (C=O) groups excluding carboxylic acids is 2. The molecule has 0 N–H and O–H groups in total. The van der Waals surface area contributed by atoms with Gasteiger partial charge in [0.05, 0.1) is 15.9 Å². The normalized spacial score (nSPS) is 10.7. The molecule has 1 heterocycles. The molecule has 150 valence electrons. The number of hydrogen-bond donors (Lipinski definition) is 0. The van der Waals surface area contributed by atoms with E-state index in [0.717, 1.165) is 15.9 Å². The van der Waals surface area contributed by atoms with Crippen LogP contribution in [0.3, 0.4) is 0 Å². The minimum atomic E-state index is -0.228. The lowest BCUT2D eigenvalue weighted by atomic mass is 10.1. The lowest BCUT2D eigenvalue weighted by Gasteiger charge is -2.20. The maximum absolute atomic E-state index is 13.1. The quantitative estimate of drug-likeness (QED) is 0.366. The molecule has 0 unspecified atom stereocenters. The van der Waals surface area contributed by atoms with Gasteiger partial charge >= 0.3 is 0 Å². The van der Waals surface area contributed by atoms with E-state index in [9.17, 15) is 9.59 Å². The predicted molar refractivity (Wildman–Crippen MR) is 120 cm³/mol. The summed E-state index contributed by atoms with van der Waals surface area (Å²) in [5, 5.41) is 0.597. The van der Waals surface area contributed by atoms with Gasteiger partial charge in [0, 0.05) is 12.0 Å². The molecule has 6 heteroatoms. The van der Waals surface area contributed by atoms with Crippen molar-refractivity contribution in [3.8, 4) is 5.75 Å². The van der Waals surface area contributed by atoms with Crippen LogP contribution in [0.15, 0.2) is 78.9 Å². The Morgan fingerprint density at radius 1 is 0.933 bits per heavy atom. The average Bonchev–Trinajstić information content (AvgIpc) is 3.22. The van der Waals surface area contributed by atoms with Crippen molar-refractivity contribution >= 4 is 44.1 Å². The van der Waals surface area contributed by atoms with Gasteiger partial charge in [-0.25, -0.2) is 4.98 Å². The molecule has 30 heavy (non-hydrogen) atoms. The monoisotopic (exact) mass is 416 g/mol. The number of hydrogen-bond acceptors (Lipinski definition) is 5. The fourth-order valence-electron chi connectivity index (χ4n) is 3.04. The lowest BCUT2D eigenvalue weighted by Crippen LogP contribution is -2.30. The summed E-state index contributed by atoms with van der Waals surface area (Å²) in [6, 6.07) is 24.1. The van der Waals surface area contributed by atoms with Gasteiger partial charge < -0.3 is 4.74 Å². The largest absolute Gasteiger partial charge is 0.484 e. The van der Waals surface area contributed by atoms with Crippen LogP contribution < -0.4 is 9.64 Å². The molecular formula is C24H20N2O3S. The van der Waals surface area contributed by atoms with Crippen LogP contribution in [0.1, 0.15) is 23.7 Å². The summed E-state index contributed by atoms with van der Waals surface area (Å²) in [4.78, 5) is 31.1. The van der Waals surface area contributed by atoms with E-state index in [1.807, 2.05) is 61.5 Å². The average molecular weight is 417 g/mol. The molecule has 0 aliphatic heterocycles. The molecule has 0 aliphatic rings. The molecule has 0 aliphatic carbocycles. The second-order valence-electron chi connectivity index (χ2n) is 6.62. The second-order valence-corrected chi connectivity index (χ2v) is 7.63. The molecule has 0 spiro atoms. The minimum absolute atomic E-state index is 0.0729. The van der Waals surface area contributed by atoms with E-state index in [1.54, 1.807) is 29.2 Å². The number of para-hydroxylation sites is 2. The fraction of sp³-hybridized carbons (Fsp3) is 0.125. The highest BCUT2D eigenvalue weighted by Gasteiger charge is 2.22. The highest BCUT2D eigenvalue weighted by molar-refractivity contribution is 7.22. The Bertz CT molecular complexity index is 1140. The van der Waals surface area contributed by atoms with Gasteiger partial charge in [0.15, 0.2) is 17.5 Å². The molecule has 4 rings (SSSR count). The Hall–Kier alpha value is -3.51. The number of aromatic nitrogens is 1. The number of thiazole rings is 1. The van der Waals surface area contributed by atoms with Crippen molar-refractivity contribution < 1.29 is 14.3 Å². The molecule has 0 fully saturated rings. The first-order chi connectivity index (χ1) is 14.7. The van der Waals surface area contributed by atoms with Crippen molar-refractivity contribution in [3.05, 3.63) is 84.4 Å². The molecule has 5 nitrogen and oxygen atoms in total. The first-order valence-electron chi connectivity index (χ1n) is 9.65. The van der Waals surface area contributed by atoms with Crippen LogP contribution in [0.25, 0.3) is 10.2 Å². The minimum Gasteiger partial charge on any atom is -0.484 e. The smallest absolute Gasteiger partial charge is 0.271 e. The molecule has 0 saturated carbocycles. The van der Waals surface area contributed by atoms with Crippen molar-refractivity contribution in [1.82, 2.24) is 4.98 Å². The van der Waals surface area contributed by atoms with E-state index in [1.165, 1.54) is 11.3 Å². The molecule has 0 atom stereocenters. The fourth-order valence-corrected chi connectivity index (χ4v) is 4.05. The molecule has 1 amide bonds. The van der Waals surface area contributed by atoms with Crippen LogP contribution in [0.5, 0.6) is 5.75 Å². The Labute approximate surface area is 178 Å². The third-order valence-corrected chi connectivity index (χ3v) is 5.62. The van der Waals surface area contributed by atoms with Crippen LogP contribution in [0.2, 0.25) is 0 Å². The molecule has 0 radical (unpaired) electrons. The summed E-state index contributed by atoms with van der Waals surface area (Å²) in [6.07, 6.45) is 0.451. The third kappa shape index (κ3) is 4.23. The van der Waals surface area contributed by atoms with Gasteiger partial charge in [-0.05, 0) is 48.5 Å². The molecule has 0 bridgehead atoms. The molecule has 4 aromatic rings. The number of anilines is 2. The zero-order valence-corrected chi connectivity index (χ0v) is 17.3. The molecule has 3 aromatic carbocycles. The maximum Gasteiger partial charge on any atom is 0.271 e. The number of carbonyl (C=O) groups is 2. The Kier molecular flexibility index (Phi) is 5.86. The van der Waals surface area contributed by atoms with Gasteiger partial charge in [-0.1, -0.05) is 48.6 Å². The lowest BCUT2D eigenvalue weighted by molar-refractivity contribution is -0.119. The number of benzene rings is 3. The van der Waals surface area contributed by atoms with Crippen molar-refractivity contribution in [2.75, 3.05) is 11.5 Å². The zero-order valence-electron chi connectivity index (χ0n) is 16.4. The summed E-state index contributed by atoms with van der Waals surface area (Å²) in [5.74, 6) is 0.381. The SMILES string of the molecule is CCC(=O)c1ccc(OCC(=O)N(c2ccccc2)c2nc3ccccc3s2)cc1. The Balaban J connectivity index is 1.56. The maximum atomic E-state index is 13.1. The molecular weight excluding hydrogens is 396 g/mol. The molecule has 1 aromatic heterocycles. The van der Waals surface area contributed by atoms with E-state index in [2.05, 4.69) is 4.98 Å². The first kappa shape index (κ1) is 19.8. The summed E-state index contributed by atoms with van der Waals surface area (Å²) >= 11 is 1.46. The van der Waals surface area contributed by atoms with E-state index >= 15 is 0 Å². The first-order valence-corrected chi connectivity index (χ1v) is 10.5. The number of amides is 1. The third-order valence-electron chi connectivity index (χ3n) is 4.60. The van der Waals surface area contributed by atoms with Gasteiger partial charge in [0.25, 0.3) is 5.91 Å². The molecule has 0 saturated heterocycles. The van der Waals surface area contributed by atoms with Gasteiger partial charge in [-0.2, -0.15) is 0 Å². The van der Waals surface area contributed by atoms with Gasteiger partial charge in [-0.15, -0.1) is 0 Å². The van der Waals surface area contributed by atoms with E-state index in [0.29, 0.717) is 22.9 Å². The van der Waals surface area contributed by atoms with Crippen molar-refractivity contribution in [1.29, 1.82) is 0 Å². The number of rotatable bonds is 7. The van der Waals surface area contributed by atoms with Crippen LogP contribution in [-0.4, -0.2) is 23.3 Å². The second kappa shape index (κ2) is 8.88. The topological polar surface area (TPSA) is 59.5 Å². The Morgan fingerprint density at radius 2 is 1.63 bits per heavy atom. The highest BCUT2D eigenvalue weighted by atomic mass is 32.1. The van der Waals surface area contributed by atoms with Gasteiger partial charge in [-0.3, -0.25) is 14.5 Å². The van der Waals surface area contributed by atoms with Gasteiger partial charge in [0.1, 0.15) is 5.75 Å². The van der Waals surface area contributed by atoms with Crippen LogP contribution in [-0.2, 0) is 4.79 Å². The number of nitrogens with zero attached hydrogens (tertiary/aromatic N) is 2. The van der Waals surface area contributed by atoms with Crippen molar-refractivity contribution in [2.24, 2.45) is 0 Å². The van der Waals surface area contributed by atoms with E-state index in [4.69, 9.17) is 4.74 Å². The summed E-state index contributed by atoms with van der Waals surface area (Å²) in [5.41, 5.74) is 2.22. The van der Waals surface area contributed by atoms with Crippen LogP contribution in [0, 0.1) is 0 Å². The highest BCUT2D eigenvalue weighted by Crippen LogP contribution is 2.33. The predicted octanol–water partition coefficient (Wildman–Crippen LogP) is 5.63.